The molecule has 0 bridgehead atoms. The lowest BCUT2D eigenvalue weighted by Crippen LogP contribution is -2.40. The number of nitrogens with one attached hydrogen (secondary N) is 1. The van der Waals surface area contributed by atoms with Gasteiger partial charge in [0.1, 0.15) is 6.04 Å². The fraction of sp³-hybridized carbons (Fsp3) is 0.615. The van der Waals surface area contributed by atoms with Gasteiger partial charge in [0.15, 0.2) is 0 Å². The summed E-state index contributed by atoms with van der Waals surface area (Å²) in [5, 5.41) is 15.6. The molecule has 0 aromatic carbocycles. The average Bonchev–Trinajstić information content (AvgIpc) is 2.87. The van der Waals surface area contributed by atoms with Crippen LogP contribution in [0.5, 0.6) is 0 Å². The zero-order valence-electron chi connectivity index (χ0n) is 11.2. The number of aliphatic carboxylic acids is 1. The van der Waals surface area contributed by atoms with Crippen molar-refractivity contribution < 1.29 is 14.7 Å². The molecule has 0 spiro atoms. The van der Waals surface area contributed by atoms with E-state index in [0.29, 0.717) is 25.8 Å². The van der Waals surface area contributed by atoms with Gasteiger partial charge in [0.05, 0.1) is 0 Å². The number of aromatic nitrogens is 2. The standard InChI is InChI=1S/C13H21N3O3/c1-2-3-6-11(13(18)19)15-12(17)7-4-9-16-10-5-8-14-16/h5,8,10-11H,2-4,6-7,9H2,1H3,(H,15,17)(H,18,19)/t11-/m0/s1. The molecule has 6 nitrogen and oxygen atoms in total. The summed E-state index contributed by atoms with van der Waals surface area (Å²) in [6.07, 6.45) is 6.67. The van der Waals surface area contributed by atoms with E-state index in [1.807, 2.05) is 19.2 Å². The van der Waals surface area contributed by atoms with Crippen molar-refractivity contribution >= 4 is 11.9 Å². The molecule has 0 radical (unpaired) electrons. The number of aryl methyl sites for hydroxylation is 1. The van der Waals surface area contributed by atoms with E-state index in [1.165, 1.54) is 0 Å². The summed E-state index contributed by atoms with van der Waals surface area (Å²) in [4.78, 5) is 22.6. The highest BCUT2D eigenvalue weighted by Crippen LogP contribution is 2.02. The van der Waals surface area contributed by atoms with Crippen LogP contribution in [0, 0.1) is 0 Å². The van der Waals surface area contributed by atoms with Crippen molar-refractivity contribution in [2.75, 3.05) is 0 Å². The molecular weight excluding hydrogens is 246 g/mol. The first-order valence-corrected chi connectivity index (χ1v) is 6.63. The Morgan fingerprint density at radius 1 is 1.42 bits per heavy atom. The largest absolute Gasteiger partial charge is 0.480 e. The third-order valence-electron chi connectivity index (χ3n) is 2.83. The molecule has 1 aromatic rings. The lowest BCUT2D eigenvalue weighted by atomic mass is 10.1. The molecule has 0 aliphatic carbocycles. The highest BCUT2D eigenvalue weighted by molar-refractivity contribution is 5.83. The van der Waals surface area contributed by atoms with Crippen LogP contribution < -0.4 is 5.32 Å². The monoisotopic (exact) mass is 267 g/mol. The minimum atomic E-state index is -0.964. The van der Waals surface area contributed by atoms with Crippen LogP contribution in [0.25, 0.3) is 0 Å². The molecule has 1 amide bonds. The molecule has 106 valence electrons. The fourth-order valence-corrected chi connectivity index (χ4v) is 1.77. The molecule has 0 aliphatic rings. The smallest absolute Gasteiger partial charge is 0.326 e. The SMILES string of the molecule is CCCC[C@H](NC(=O)CCCn1cccn1)C(=O)O. The lowest BCUT2D eigenvalue weighted by Gasteiger charge is -2.13. The Bertz CT molecular complexity index is 390. The fourth-order valence-electron chi connectivity index (χ4n) is 1.77. The van der Waals surface area contributed by atoms with Crippen molar-refractivity contribution in [3.05, 3.63) is 18.5 Å². The number of carboxylic acid groups (broad SMARTS) is 1. The van der Waals surface area contributed by atoms with E-state index in [9.17, 15) is 9.59 Å². The van der Waals surface area contributed by atoms with Crippen LogP contribution in [0.3, 0.4) is 0 Å². The Hall–Kier alpha value is -1.85. The van der Waals surface area contributed by atoms with Crippen molar-refractivity contribution in [3.63, 3.8) is 0 Å². The van der Waals surface area contributed by atoms with Gasteiger partial charge in [-0.05, 0) is 18.9 Å². The van der Waals surface area contributed by atoms with Crippen molar-refractivity contribution in [2.24, 2.45) is 0 Å². The molecule has 0 saturated carbocycles. The van der Waals surface area contributed by atoms with Gasteiger partial charge in [0, 0.05) is 25.4 Å². The number of nitrogens with zero attached hydrogens (tertiary/aromatic N) is 2. The van der Waals surface area contributed by atoms with Crippen LogP contribution in [0.1, 0.15) is 39.0 Å². The number of carbonyl (C=O) groups is 2. The average molecular weight is 267 g/mol. The Morgan fingerprint density at radius 2 is 2.21 bits per heavy atom. The molecule has 6 heteroatoms. The van der Waals surface area contributed by atoms with E-state index in [2.05, 4.69) is 10.4 Å². The highest BCUT2D eigenvalue weighted by Gasteiger charge is 2.18. The third kappa shape index (κ3) is 6.03. The van der Waals surface area contributed by atoms with E-state index in [4.69, 9.17) is 5.11 Å². The zero-order chi connectivity index (χ0) is 14.1. The van der Waals surface area contributed by atoms with Gasteiger partial charge < -0.3 is 10.4 Å². The number of hydrogen-bond acceptors (Lipinski definition) is 3. The van der Waals surface area contributed by atoms with Crippen LogP contribution in [0.2, 0.25) is 0 Å². The summed E-state index contributed by atoms with van der Waals surface area (Å²) >= 11 is 0. The van der Waals surface area contributed by atoms with Crippen LogP contribution in [0.15, 0.2) is 18.5 Å². The first-order valence-electron chi connectivity index (χ1n) is 6.63. The van der Waals surface area contributed by atoms with Crippen LogP contribution in [0.4, 0.5) is 0 Å². The van der Waals surface area contributed by atoms with E-state index in [-0.39, 0.29) is 5.91 Å². The predicted molar refractivity (Wildman–Crippen MR) is 70.6 cm³/mol. The van der Waals surface area contributed by atoms with Gasteiger partial charge in [-0.1, -0.05) is 19.8 Å². The van der Waals surface area contributed by atoms with E-state index in [1.54, 1.807) is 10.9 Å². The summed E-state index contributed by atoms with van der Waals surface area (Å²) in [5.41, 5.74) is 0. The Morgan fingerprint density at radius 3 is 2.79 bits per heavy atom. The molecule has 19 heavy (non-hydrogen) atoms. The minimum Gasteiger partial charge on any atom is -0.480 e. The quantitative estimate of drug-likeness (QED) is 0.708. The first kappa shape index (κ1) is 15.2. The Balaban J connectivity index is 2.25. The molecule has 2 N–H and O–H groups in total. The number of carbonyl (C=O) groups excluding carboxylic acids is 1. The Labute approximate surface area is 112 Å². The van der Waals surface area contributed by atoms with Gasteiger partial charge in [-0.3, -0.25) is 9.48 Å². The molecule has 1 rings (SSSR count). The number of rotatable bonds is 9. The second-order valence-corrected chi connectivity index (χ2v) is 4.47. The maximum absolute atomic E-state index is 11.6. The normalized spacial score (nSPS) is 12.1. The molecule has 1 aromatic heterocycles. The second kappa shape index (κ2) is 8.29. The molecule has 0 aliphatic heterocycles. The van der Waals surface area contributed by atoms with Gasteiger partial charge in [-0.15, -0.1) is 0 Å². The number of hydrogen-bond donors (Lipinski definition) is 2. The van der Waals surface area contributed by atoms with E-state index < -0.39 is 12.0 Å². The van der Waals surface area contributed by atoms with Crippen molar-refractivity contribution in [2.45, 2.75) is 51.6 Å². The lowest BCUT2D eigenvalue weighted by molar-refractivity contribution is -0.142. The zero-order valence-corrected chi connectivity index (χ0v) is 11.2. The van der Waals surface area contributed by atoms with Crippen molar-refractivity contribution in [1.29, 1.82) is 0 Å². The van der Waals surface area contributed by atoms with Gasteiger partial charge in [-0.2, -0.15) is 5.10 Å². The molecule has 0 saturated heterocycles. The maximum atomic E-state index is 11.6. The number of unbranched alkanes of at least 4 members (excludes halogenated alkanes) is 1. The van der Waals surface area contributed by atoms with Crippen LogP contribution in [-0.4, -0.2) is 32.8 Å². The molecule has 1 heterocycles. The summed E-state index contributed by atoms with van der Waals surface area (Å²) < 4.78 is 1.75. The van der Waals surface area contributed by atoms with Gasteiger partial charge in [0.25, 0.3) is 0 Å². The summed E-state index contributed by atoms with van der Waals surface area (Å²) in [6, 6.07) is 1.06. The topological polar surface area (TPSA) is 84.2 Å². The highest BCUT2D eigenvalue weighted by atomic mass is 16.4. The minimum absolute atomic E-state index is 0.212. The molecule has 1 atom stereocenters. The summed E-state index contributed by atoms with van der Waals surface area (Å²) in [5.74, 6) is -1.18. The third-order valence-corrected chi connectivity index (χ3v) is 2.83. The predicted octanol–water partition coefficient (Wildman–Crippen LogP) is 1.42. The molecular formula is C13H21N3O3. The summed E-state index contributed by atoms with van der Waals surface area (Å²) in [6.45, 7) is 2.65. The second-order valence-electron chi connectivity index (χ2n) is 4.47. The van der Waals surface area contributed by atoms with Crippen molar-refractivity contribution in [3.8, 4) is 0 Å². The molecule has 0 fully saturated rings. The van der Waals surface area contributed by atoms with Gasteiger partial charge >= 0.3 is 5.97 Å². The van der Waals surface area contributed by atoms with Gasteiger partial charge in [-0.25, -0.2) is 4.79 Å². The number of amides is 1. The molecule has 0 unspecified atom stereocenters. The summed E-state index contributed by atoms with van der Waals surface area (Å²) in [7, 11) is 0. The van der Waals surface area contributed by atoms with Crippen LogP contribution in [-0.2, 0) is 16.1 Å². The Kier molecular flexibility index (Phi) is 6.63. The maximum Gasteiger partial charge on any atom is 0.326 e. The van der Waals surface area contributed by atoms with Crippen molar-refractivity contribution in [1.82, 2.24) is 15.1 Å². The van der Waals surface area contributed by atoms with E-state index in [0.717, 1.165) is 12.8 Å². The van der Waals surface area contributed by atoms with Crippen LogP contribution >= 0.6 is 0 Å². The first-order chi connectivity index (χ1) is 9.13. The van der Waals surface area contributed by atoms with E-state index >= 15 is 0 Å². The van der Waals surface area contributed by atoms with Gasteiger partial charge in [0.2, 0.25) is 5.91 Å². The number of carboxylic acids is 1.